The van der Waals surface area contributed by atoms with Crippen molar-refractivity contribution in [1.82, 2.24) is 20.4 Å². The van der Waals surface area contributed by atoms with E-state index in [0.717, 1.165) is 5.69 Å². The third-order valence-corrected chi connectivity index (χ3v) is 2.19. The second-order valence-electron chi connectivity index (χ2n) is 3.89. The number of nitrogens with one attached hydrogen (secondary N) is 1. The molecule has 0 unspecified atom stereocenters. The predicted octanol–water partition coefficient (Wildman–Crippen LogP) is 2.09. The molecule has 0 atom stereocenters. The van der Waals surface area contributed by atoms with Gasteiger partial charge in [0.15, 0.2) is 0 Å². The Hall–Kier alpha value is -1.96. The Morgan fingerprint density at radius 3 is 2.74 bits per heavy atom. The van der Waals surface area contributed by atoms with E-state index in [1.54, 1.807) is 12.1 Å². The maximum absolute atomic E-state index is 11.9. The summed E-state index contributed by atoms with van der Waals surface area (Å²) in [5, 5.41) is 5.85. The van der Waals surface area contributed by atoms with Gasteiger partial charge in [0.25, 0.3) is 0 Å². The first kappa shape index (κ1) is 13.5. The monoisotopic (exact) mass is 272 g/mol. The molecule has 0 spiro atoms. The zero-order valence-corrected chi connectivity index (χ0v) is 10.0. The van der Waals surface area contributed by atoms with Crippen LogP contribution in [0.4, 0.5) is 13.2 Å². The molecule has 0 bridgehead atoms. The van der Waals surface area contributed by atoms with Crippen LogP contribution in [-0.4, -0.2) is 27.8 Å². The molecule has 5 nitrogen and oxygen atoms in total. The van der Waals surface area contributed by atoms with E-state index in [4.69, 9.17) is 4.52 Å². The van der Waals surface area contributed by atoms with Gasteiger partial charge in [0, 0.05) is 5.69 Å². The summed E-state index contributed by atoms with van der Waals surface area (Å²) in [6, 6.07) is 5.30. The summed E-state index contributed by atoms with van der Waals surface area (Å²) in [5.74, 6) is 0.343. The van der Waals surface area contributed by atoms with Gasteiger partial charge in [-0.3, -0.25) is 0 Å². The van der Waals surface area contributed by atoms with Crippen LogP contribution in [0.25, 0.3) is 11.5 Å². The van der Waals surface area contributed by atoms with Gasteiger partial charge in [-0.05, 0) is 19.1 Å². The van der Waals surface area contributed by atoms with Crippen molar-refractivity contribution in [2.45, 2.75) is 19.6 Å². The average molecular weight is 272 g/mol. The highest BCUT2D eigenvalue weighted by atomic mass is 19.4. The molecular weight excluding hydrogens is 261 g/mol. The van der Waals surface area contributed by atoms with Crippen molar-refractivity contribution < 1.29 is 17.7 Å². The Balaban J connectivity index is 1.99. The third-order valence-electron chi connectivity index (χ3n) is 2.19. The number of halogens is 3. The SMILES string of the molecule is Cc1cccc(-c2noc(CNCC(F)(F)F)n2)n1. The lowest BCUT2D eigenvalue weighted by Gasteiger charge is -2.05. The third kappa shape index (κ3) is 4.02. The number of nitrogens with zero attached hydrogens (tertiary/aromatic N) is 3. The molecule has 19 heavy (non-hydrogen) atoms. The second kappa shape index (κ2) is 5.35. The lowest BCUT2D eigenvalue weighted by atomic mass is 10.3. The lowest BCUT2D eigenvalue weighted by Crippen LogP contribution is -2.28. The number of hydrogen-bond donors (Lipinski definition) is 1. The van der Waals surface area contributed by atoms with Gasteiger partial charge in [-0.1, -0.05) is 11.2 Å². The number of hydrogen-bond acceptors (Lipinski definition) is 5. The smallest absolute Gasteiger partial charge is 0.337 e. The van der Waals surface area contributed by atoms with Gasteiger partial charge >= 0.3 is 6.18 Å². The van der Waals surface area contributed by atoms with Crippen LogP contribution >= 0.6 is 0 Å². The Bertz CT molecular complexity index is 553. The van der Waals surface area contributed by atoms with E-state index < -0.39 is 12.7 Å². The topological polar surface area (TPSA) is 63.8 Å². The highest BCUT2D eigenvalue weighted by Gasteiger charge is 2.26. The van der Waals surface area contributed by atoms with E-state index in [1.165, 1.54) is 0 Å². The molecule has 0 saturated heterocycles. The summed E-state index contributed by atoms with van der Waals surface area (Å²) >= 11 is 0. The fourth-order valence-corrected chi connectivity index (χ4v) is 1.41. The number of aryl methyl sites for hydroxylation is 1. The van der Waals surface area contributed by atoms with Crippen LogP contribution in [0.5, 0.6) is 0 Å². The first-order valence-electron chi connectivity index (χ1n) is 5.48. The Labute approximate surface area is 106 Å². The molecule has 0 fully saturated rings. The summed E-state index contributed by atoms with van der Waals surface area (Å²) < 4.78 is 40.6. The fourth-order valence-electron chi connectivity index (χ4n) is 1.41. The average Bonchev–Trinajstić information content (AvgIpc) is 2.76. The van der Waals surface area contributed by atoms with E-state index in [9.17, 15) is 13.2 Å². The zero-order chi connectivity index (χ0) is 13.9. The first-order chi connectivity index (χ1) is 8.94. The van der Waals surface area contributed by atoms with E-state index in [1.807, 2.05) is 13.0 Å². The van der Waals surface area contributed by atoms with Crippen LogP contribution in [0.2, 0.25) is 0 Å². The lowest BCUT2D eigenvalue weighted by molar-refractivity contribution is -0.125. The van der Waals surface area contributed by atoms with Crippen LogP contribution in [0.15, 0.2) is 22.7 Å². The number of alkyl halides is 3. The molecule has 0 aromatic carbocycles. The van der Waals surface area contributed by atoms with Crippen LogP contribution in [-0.2, 0) is 6.54 Å². The fraction of sp³-hybridized carbons (Fsp3) is 0.364. The number of pyridine rings is 1. The van der Waals surface area contributed by atoms with Crippen LogP contribution in [0.1, 0.15) is 11.6 Å². The number of rotatable bonds is 4. The van der Waals surface area contributed by atoms with Crippen molar-refractivity contribution in [2.24, 2.45) is 0 Å². The van der Waals surface area contributed by atoms with Crippen molar-refractivity contribution in [2.75, 3.05) is 6.54 Å². The Kier molecular flexibility index (Phi) is 3.79. The van der Waals surface area contributed by atoms with Gasteiger partial charge in [-0.2, -0.15) is 18.2 Å². The molecule has 2 rings (SSSR count). The number of aromatic nitrogens is 3. The largest absolute Gasteiger partial charge is 0.401 e. The molecule has 8 heteroatoms. The van der Waals surface area contributed by atoms with Gasteiger partial charge < -0.3 is 9.84 Å². The van der Waals surface area contributed by atoms with Crippen molar-refractivity contribution in [3.05, 3.63) is 29.8 Å². The molecule has 102 valence electrons. The van der Waals surface area contributed by atoms with Gasteiger partial charge in [0.2, 0.25) is 11.7 Å². The summed E-state index contributed by atoms with van der Waals surface area (Å²) in [4.78, 5) is 8.16. The van der Waals surface area contributed by atoms with Gasteiger partial charge in [0.1, 0.15) is 5.69 Å². The van der Waals surface area contributed by atoms with Crippen molar-refractivity contribution in [3.8, 4) is 11.5 Å². The van der Waals surface area contributed by atoms with Gasteiger partial charge in [-0.15, -0.1) is 0 Å². The molecule has 0 aliphatic carbocycles. The first-order valence-corrected chi connectivity index (χ1v) is 5.48. The summed E-state index contributed by atoms with van der Waals surface area (Å²) in [5.41, 5.74) is 1.31. The summed E-state index contributed by atoms with van der Waals surface area (Å²) in [7, 11) is 0. The summed E-state index contributed by atoms with van der Waals surface area (Å²) in [6.45, 7) is 0.571. The molecule has 0 radical (unpaired) electrons. The highest BCUT2D eigenvalue weighted by Crippen LogP contribution is 2.14. The van der Waals surface area contributed by atoms with Crippen molar-refractivity contribution in [1.29, 1.82) is 0 Å². The maximum Gasteiger partial charge on any atom is 0.401 e. The van der Waals surface area contributed by atoms with Crippen molar-refractivity contribution in [3.63, 3.8) is 0 Å². The van der Waals surface area contributed by atoms with Gasteiger partial charge in [-0.25, -0.2) is 4.98 Å². The molecule has 0 amide bonds. The van der Waals surface area contributed by atoms with E-state index in [-0.39, 0.29) is 18.3 Å². The van der Waals surface area contributed by atoms with E-state index >= 15 is 0 Å². The standard InChI is InChI=1S/C11H11F3N4O/c1-7-3-2-4-8(16-7)10-17-9(19-18-10)5-15-6-11(12,13)14/h2-4,15H,5-6H2,1H3. The second-order valence-corrected chi connectivity index (χ2v) is 3.89. The summed E-state index contributed by atoms with van der Waals surface area (Å²) in [6.07, 6.45) is -4.26. The normalized spacial score (nSPS) is 11.8. The molecule has 0 aliphatic heterocycles. The zero-order valence-electron chi connectivity index (χ0n) is 10.0. The highest BCUT2D eigenvalue weighted by molar-refractivity contribution is 5.47. The minimum absolute atomic E-state index is 0.0857. The molecule has 0 saturated carbocycles. The molecule has 1 N–H and O–H groups in total. The molecule has 0 aliphatic rings. The predicted molar refractivity (Wildman–Crippen MR) is 60.0 cm³/mol. The van der Waals surface area contributed by atoms with E-state index in [0.29, 0.717) is 5.69 Å². The minimum atomic E-state index is -4.26. The van der Waals surface area contributed by atoms with Crippen LogP contribution in [0.3, 0.4) is 0 Å². The molecule has 2 aromatic rings. The molecule has 2 heterocycles. The quantitative estimate of drug-likeness (QED) is 0.923. The van der Waals surface area contributed by atoms with Crippen LogP contribution in [0, 0.1) is 6.92 Å². The Morgan fingerprint density at radius 2 is 2.05 bits per heavy atom. The Morgan fingerprint density at radius 1 is 1.26 bits per heavy atom. The minimum Gasteiger partial charge on any atom is -0.337 e. The molecule has 2 aromatic heterocycles. The van der Waals surface area contributed by atoms with Crippen molar-refractivity contribution >= 4 is 0 Å². The molecular formula is C11H11F3N4O. The van der Waals surface area contributed by atoms with Crippen LogP contribution < -0.4 is 5.32 Å². The van der Waals surface area contributed by atoms with E-state index in [2.05, 4.69) is 20.4 Å². The van der Waals surface area contributed by atoms with Gasteiger partial charge in [0.05, 0.1) is 13.1 Å². The maximum atomic E-state index is 11.9.